The zero-order chi connectivity index (χ0) is 11.0. The van der Waals surface area contributed by atoms with Crippen molar-refractivity contribution in [3.8, 4) is 0 Å². The third-order valence-corrected chi connectivity index (χ3v) is 4.01. The minimum atomic E-state index is 0.110. The van der Waals surface area contributed by atoms with Crippen LogP contribution in [0.15, 0.2) is 6.20 Å². The van der Waals surface area contributed by atoms with Gasteiger partial charge >= 0.3 is 0 Å². The van der Waals surface area contributed by atoms with Crippen LogP contribution in [0.1, 0.15) is 36.9 Å². The standard InChI is InChI=1S/C11H16N2OS/c1-7-4-8(2)13(6-7)11-12-5-10(15-11)9(3)14/h5,7-8H,4,6H2,1-3H3. The van der Waals surface area contributed by atoms with E-state index in [1.807, 2.05) is 0 Å². The SMILES string of the molecule is CC(=O)c1cnc(N2CC(C)CC2C)s1. The van der Waals surface area contributed by atoms with E-state index in [-0.39, 0.29) is 5.78 Å². The quantitative estimate of drug-likeness (QED) is 0.724. The van der Waals surface area contributed by atoms with Crippen molar-refractivity contribution >= 4 is 22.3 Å². The van der Waals surface area contributed by atoms with Crippen LogP contribution in [0.4, 0.5) is 5.13 Å². The number of rotatable bonds is 2. The van der Waals surface area contributed by atoms with Crippen LogP contribution in [-0.4, -0.2) is 23.4 Å². The van der Waals surface area contributed by atoms with Gasteiger partial charge in [-0.25, -0.2) is 4.98 Å². The number of anilines is 1. The summed E-state index contributed by atoms with van der Waals surface area (Å²) in [6.07, 6.45) is 2.91. The van der Waals surface area contributed by atoms with Crippen molar-refractivity contribution in [2.24, 2.45) is 5.92 Å². The zero-order valence-electron chi connectivity index (χ0n) is 9.36. The maximum Gasteiger partial charge on any atom is 0.186 e. The number of thiazole rings is 1. The summed E-state index contributed by atoms with van der Waals surface area (Å²) < 4.78 is 0. The molecule has 1 aliphatic heterocycles. The molecule has 0 radical (unpaired) electrons. The van der Waals surface area contributed by atoms with Crippen LogP contribution in [0.2, 0.25) is 0 Å². The van der Waals surface area contributed by atoms with Crippen LogP contribution in [0, 0.1) is 5.92 Å². The van der Waals surface area contributed by atoms with Gasteiger partial charge in [0.1, 0.15) is 0 Å². The molecule has 3 nitrogen and oxygen atoms in total. The zero-order valence-corrected chi connectivity index (χ0v) is 10.2. The molecule has 2 unspecified atom stereocenters. The van der Waals surface area contributed by atoms with Crippen molar-refractivity contribution in [2.75, 3.05) is 11.4 Å². The molecule has 1 aromatic heterocycles. The third kappa shape index (κ3) is 2.04. The number of carbonyl (C=O) groups is 1. The number of hydrogen-bond acceptors (Lipinski definition) is 4. The number of aromatic nitrogens is 1. The Labute approximate surface area is 94.1 Å². The lowest BCUT2D eigenvalue weighted by molar-refractivity contribution is 0.102. The second-order valence-electron chi connectivity index (χ2n) is 4.41. The van der Waals surface area contributed by atoms with E-state index in [1.54, 1.807) is 13.1 Å². The van der Waals surface area contributed by atoms with E-state index < -0.39 is 0 Å². The molecule has 0 aliphatic carbocycles. The van der Waals surface area contributed by atoms with E-state index >= 15 is 0 Å². The Balaban J connectivity index is 2.19. The Morgan fingerprint density at radius 3 is 2.80 bits per heavy atom. The van der Waals surface area contributed by atoms with Gasteiger partial charge in [-0.15, -0.1) is 0 Å². The third-order valence-electron chi connectivity index (χ3n) is 2.87. The summed E-state index contributed by atoms with van der Waals surface area (Å²) in [5.41, 5.74) is 0. The monoisotopic (exact) mass is 224 g/mol. The van der Waals surface area contributed by atoms with Crippen LogP contribution in [0.25, 0.3) is 0 Å². The summed E-state index contributed by atoms with van der Waals surface area (Å²) in [7, 11) is 0. The minimum absolute atomic E-state index is 0.110. The first-order valence-electron chi connectivity index (χ1n) is 5.31. The van der Waals surface area contributed by atoms with Gasteiger partial charge in [0.15, 0.2) is 10.9 Å². The number of ketones is 1. The molecule has 1 saturated heterocycles. The molecule has 0 N–H and O–H groups in total. The Morgan fingerprint density at radius 2 is 2.33 bits per heavy atom. The van der Waals surface area contributed by atoms with E-state index in [2.05, 4.69) is 23.7 Å². The molecular weight excluding hydrogens is 208 g/mol. The second kappa shape index (κ2) is 3.93. The van der Waals surface area contributed by atoms with Crippen molar-refractivity contribution in [3.63, 3.8) is 0 Å². The van der Waals surface area contributed by atoms with Crippen LogP contribution >= 0.6 is 11.3 Å². The van der Waals surface area contributed by atoms with Gasteiger partial charge in [0.25, 0.3) is 0 Å². The Morgan fingerprint density at radius 1 is 1.60 bits per heavy atom. The van der Waals surface area contributed by atoms with E-state index in [1.165, 1.54) is 17.8 Å². The summed E-state index contributed by atoms with van der Waals surface area (Å²) in [6, 6.07) is 0.547. The molecule has 0 spiro atoms. The average Bonchev–Trinajstić information content (AvgIpc) is 2.71. The Bertz CT molecular complexity index is 374. The summed E-state index contributed by atoms with van der Waals surface area (Å²) in [5, 5.41) is 0.997. The normalized spacial score (nSPS) is 25.9. The predicted octanol–water partition coefficient (Wildman–Crippen LogP) is 2.58. The molecule has 82 valence electrons. The highest BCUT2D eigenvalue weighted by Gasteiger charge is 2.28. The second-order valence-corrected chi connectivity index (χ2v) is 5.41. The molecule has 2 heterocycles. The highest BCUT2D eigenvalue weighted by Crippen LogP contribution is 2.31. The van der Waals surface area contributed by atoms with E-state index in [0.29, 0.717) is 6.04 Å². The fourth-order valence-corrected chi connectivity index (χ4v) is 3.05. The van der Waals surface area contributed by atoms with Crippen molar-refractivity contribution in [3.05, 3.63) is 11.1 Å². The fourth-order valence-electron chi connectivity index (χ4n) is 2.13. The highest BCUT2D eigenvalue weighted by atomic mass is 32.1. The van der Waals surface area contributed by atoms with Gasteiger partial charge in [-0.2, -0.15) is 0 Å². The van der Waals surface area contributed by atoms with Gasteiger partial charge in [-0.05, 0) is 19.3 Å². The first kappa shape index (κ1) is 10.6. The molecular formula is C11H16N2OS. The molecule has 0 saturated carbocycles. The number of nitrogens with zero attached hydrogens (tertiary/aromatic N) is 2. The molecule has 0 amide bonds. The van der Waals surface area contributed by atoms with E-state index in [4.69, 9.17) is 0 Å². The lowest BCUT2D eigenvalue weighted by Gasteiger charge is -2.19. The number of hydrogen-bond donors (Lipinski definition) is 0. The molecule has 2 atom stereocenters. The van der Waals surface area contributed by atoms with Gasteiger partial charge in [0.2, 0.25) is 0 Å². The van der Waals surface area contributed by atoms with Crippen molar-refractivity contribution in [1.29, 1.82) is 0 Å². The van der Waals surface area contributed by atoms with Crippen LogP contribution in [0.3, 0.4) is 0 Å². The number of Topliss-reactive ketones (excluding diaryl/α,β-unsaturated/α-hetero) is 1. The first-order chi connectivity index (χ1) is 7.08. The lowest BCUT2D eigenvalue weighted by Crippen LogP contribution is -2.26. The van der Waals surface area contributed by atoms with Gasteiger partial charge in [0, 0.05) is 19.5 Å². The fraction of sp³-hybridized carbons (Fsp3) is 0.636. The van der Waals surface area contributed by atoms with Gasteiger partial charge in [-0.1, -0.05) is 18.3 Å². The Hall–Kier alpha value is -0.900. The van der Waals surface area contributed by atoms with Crippen LogP contribution < -0.4 is 4.90 Å². The molecule has 4 heteroatoms. The van der Waals surface area contributed by atoms with Crippen molar-refractivity contribution in [1.82, 2.24) is 4.98 Å². The maximum absolute atomic E-state index is 11.2. The van der Waals surface area contributed by atoms with E-state index in [9.17, 15) is 4.79 Å². The first-order valence-corrected chi connectivity index (χ1v) is 6.13. The summed E-state index contributed by atoms with van der Waals surface area (Å²) in [5.74, 6) is 0.836. The molecule has 1 fully saturated rings. The van der Waals surface area contributed by atoms with Gasteiger partial charge in [-0.3, -0.25) is 4.79 Å². The topological polar surface area (TPSA) is 33.2 Å². The molecule has 15 heavy (non-hydrogen) atoms. The highest BCUT2D eigenvalue weighted by molar-refractivity contribution is 7.17. The predicted molar refractivity (Wildman–Crippen MR) is 62.7 cm³/mol. The molecule has 2 rings (SSSR count). The molecule has 0 bridgehead atoms. The van der Waals surface area contributed by atoms with Gasteiger partial charge < -0.3 is 4.90 Å². The summed E-state index contributed by atoms with van der Waals surface area (Å²) >= 11 is 1.51. The molecule has 1 aromatic rings. The Kier molecular flexibility index (Phi) is 2.78. The lowest BCUT2D eigenvalue weighted by atomic mass is 10.1. The summed E-state index contributed by atoms with van der Waals surface area (Å²) in [4.78, 5) is 18.6. The van der Waals surface area contributed by atoms with E-state index in [0.717, 1.165) is 22.5 Å². The molecule has 1 aliphatic rings. The maximum atomic E-state index is 11.2. The van der Waals surface area contributed by atoms with Gasteiger partial charge in [0.05, 0.1) is 11.1 Å². The van der Waals surface area contributed by atoms with Crippen molar-refractivity contribution < 1.29 is 4.79 Å². The van der Waals surface area contributed by atoms with Crippen LogP contribution in [-0.2, 0) is 0 Å². The largest absolute Gasteiger partial charge is 0.345 e. The minimum Gasteiger partial charge on any atom is -0.345 e. The average molecular weight is 224 g/mol. The summed E-state index contributed by atoms with van der Waals surface area (Å²) in [6.45, 7) is 7.13. The van der Waals surface area contributed by atoms with Crippen molar-refractivity contribution in [2.45, 2.75) is 33.2 Å². The smallest absolute Gasteiger partial charge is 0.186 e. The number of carbonyl (C=O) groups excluding carboxylic acids is 1. The molecule has 0 aromatic carbocycles. The van der Waals surface area contributed by atoms with Crippen LogP contribution in [0.5, 0.6) is 0 Å².